The van der Waals surface area contributed by atoms with E-state index in [-0.39, 0.29) is 11.6 Å². The standard InChI is InChI=1S/C18H37N3O2/c1-17(2,3)20-12-11-19-10-9-15-8-7-13-21(14-15)16(22)23-18(4,5)6/h15,19-20H,7-14H2,1-6H3. The number of ether oxygens (including phenoxy) is 1. The Morgan fingerprint density at radius 3 is 2.43 bits per heavy atom. The fraction of sp³-hybridized carbons (Fsp3) is 0.944. The summed E-state index contributed by atoms with van der Waals surface area (Å²) >= 11 is 0. The van der Waals surface area contributed by atoms with Crippen molar-refractivity contribution >= 4 is 6.09 Å². The van der Waals surface area contributed by atoms with Gasteiger partial charge in [0.15, 0.2) is 0 Å². The molecule has 0 aromatic rings. The summed E-state index contributed by atoms with van der Waals surface area (Å²) in [5, 5.41) is 6.96. The van der Waals surface area contributed by atoms with Gasteiger partial charge in [-0.3, -0.25) is 0 Å². The number of piperidine rings is 1. The SMILES string of the molecule is CC(C)(C)NCCNCCC1CCCN(C(=O)OC(C)(C)C)C1. The van der Waals surface area contributed by atoms with Crippen molar-refractivity contribution in [3.05, 3.63) is 0 Å². The fourth-order valence-electron chi connectivity index (χ4n) is 2.75. The Morgan fingerprint density at radius 1 is 1.13 bits per heavy atom. The van der Waals surface area contributed by atoms with Crippen molar-refractivity contribution in [3.8, 4) is 0 Å². The zero-order chi connectivity index (χ0) is 17.5. The number of hydrogen-bond acceptors (Lipinski definition) is 4. The fourth-order valence-corrected chi connectivity index (χ4v) is 2.75. The van der Waals surface area contributed by atoms with Crippen molar-refractivity contribution < 1.29 is 9.53 Å². The van der Waals surface area contributed by atoms with Crippen LogP contribution in [0.3, 0.4) is 0 Å². The highest BCUT2D eigenvalue weighted by molar-refractivity contribution is 5.68. The van der Waals surface area contributed by atoms with Gasteiger partial charge in [-0.2, -0.15) is 0 Å². The summed E-state index contributed by atoms with van der Waals surface area (Å²) in [5.41, 5.74) is -0.232. The lowest BCUT2D eigenvalue weighted by molar-refractivity contribution is 0.0162. The molecule has 1 rings (SSSR count). The lowest BCUT2D eigenvalue weighted by Crippen LogP contribution is -2.43. The van der Waals surface area contributed by atoms with Crippen molar-refractivity contribution in [1.82, 2.24) is 15.5 Å². The highest BCUT2D eigenvalue weighted by Crippen LogP contribution is 2.21. The lowest BCUT2D eigenvalue weighted by Gasteiger charge is -2.34. The van der Waals surface area contributed by atoms with Crippen LogP contribution in [0.1, 0.15) is 60.8 Å². The molecule has 0 aromatic carbocycles. The monoisotopic (exact) mass is 327 g/mol. The highest BCUT2D eigenvalue weighted by atomic mass is 16.6. The van der Waals surface area contributed by atoms with Crippen LogP contribution in [0.15, 0.2) is 0 Å². The maximum absolute atomic E-state index is 12.1. The maximum Gasteiger partial charge on any atom is 0.410 e. The van der Waals surface area contributed by atoms with Crippen LogP contribution in [0, 0.1) is 5.92 Å². The summed E-state index contributed by atoms with van der Waals surface area (Å²) in [7, 11) is 0. The van der Waals surface area contributed by atoms with Gasteiger partial charge in [-0.05, 0) is 73.3 Å². The summed E-state index contributed by atoms with van der Waals surface area (Å²) in [6.45, 7) is 16.9. The Balaban J connectivity index is 2.19. The molecule has 5 heteroatoms. The molecule has 1 aliphatic heterocycles. The Morgan fingerprint density at radius 2 is 1.83 bits per heavy atom. The van der Waals surface area contributed by atoms with Gasteiger partial charge in [0.2, 0.25) is 0 Å². The van der Waals surface area contributed by atoms with E-state index in [2.05, 4.69) is 31.4 Å². The molecule has 2 N–H and O–H groups in total. The minimum absolute atomic E-state index is 0.162. The van der Waals surface area contributed by atoms with Gasteiger partial charge < -0.3 is 20.3 Å². The van der Waals surface area contributed by atoms with E-state index >= 15 is 0 Å². The predicted molar refractivity (Wildman–Crippen MR) is 95.8 cm³/mol. The van der Waals surface area contributed by atoms with Gasteiger partial charge in [0.1, 0.15) is 5.60 Å². The molecule has 1 atom stereocenters. The molecule has 1 fully saturated rings. The first-order valence-electron chi connectivity index (χ1n) is 9.00. The van der Waals surface area contributed by atoms with Crippen LogP contribution in [-0.4, -0.2) is 54.9 Å². The smallest absolute Gasteiger partial charge is 0.410 e. The van der Waals surface area contributed by atoms with E-state index in [1.54, 1.807) is 0 Å². The quantitative estimate of drug-likeness (QED) is 0.736. The van der Waals surface area contributed by atoms with Gasteiger partial charge in [-0.25, -0.2) is 4.79 Å². The first kappa shape index (κ1) is 20.2. The van der Waals surface area contributed by atoms with Crippen LogP contribution in [0.5, 0.6) is 0 Å². The van der Waals surface area contributed by atoms with E-state index in [0.717, 1.165) is 45.6 Å². The van der Waals surface area contributed by atoms with E-state index in [1.807, 2.05) is 25.7 Å². The van der Waals surface area contributed by atoms with Crippen molar-refractivity contribution in [2.75, 3.05) is 32.7 Å². The summed E-state index contributed by atoms with van der Waals surface area (Å²) < 4.78 is 5.48. The Kier molecular flexibility index (Phi) is 7.81. The predicted octanol–water partition coefficient (Wildman–Crippen LogP) is 3.00. The highest BCUT2D eigenvalue weighted by Gasteiger charge is 2.27. The second-order valence-corrected chi connectivity index (χ2v) is 8.65. The van der Waals surface area contributed by atoms with Crippen LogP contribution in [0.4, 0.5) is 4.79 Å². The minimum atomic E-state index is -0.411. The van der Waals surface area contributed by atoms with Crippen molar-refractivity contribution in [2.45, 2.75) is 71.9 Å². The lowest BCUT2D eigenvalue weighted by atomic mass is 9.95. The van der Waals surface area contributed by atoms with Gasteiger partial charge in [0.25, 0.3) is 0 Å². The summed E-state index contributed by atoms with van der Waals surface area (Å²) in [5.74, 6) is 0.583. The van der Waals surface area contributed by atoms with E-state index in [4.69, 9.17) is 4.74 Å². The van der Waals surface area contributed by atoms with Crippen LogP contribution in [-0.2, 0) is 4.74 Å². The van der Waals surface area contributed by atoms with E-state index in [1.165, 1.54) is 6.42 Å². The van der Waals surface area contributed by atoms with Gasteiger partial charge in [0.05, 0.1) is 0 Å². The molecule has 0 saturated carbocycles. The topological polar surface area (TPSA) is 53.6 Å². The number of likely N-dealkylation sites (tertiary alicyclic amines) is 1. The molecule has 0 spiro atoms. The molecule has 0 aliphatic carbocycles. The number of carbonyl (C=O) groups excluding carboxylic acids is 1. The van der Waals surface area contributed by atoms with E-state index in [9.17, 15) is 4.79 Å². The zero-order valence-electron chi connectivity index (χ0n) is 16.0. The molecule has 5 nitrogen and oxygen atoms in total. The summed E-state index contributed by atoms with van der Waals surface area (Å²) in [6.07, 6.45) is 3.25. The van der Waals surface area contributed by atoms with Crippen LogP contribution in [0.2, 0.25) is 0 Å². The molecule has 1 amide bonds. The third-order valence-corrected chi connectivity index (χ3v) is 3.86. The van der Waals surface area contributed by atoms with Crippen LogP contribution < -0.4 is 10.6 Å². The van der Waals surface area contributed by atoms with Crippen molar-refractivity contribution in [2.24, 2.45) is 5.92 Å². The third-order valence-electron chi connectivity index (χ3n) is 3.86. The molecule has 0 aromatic heterocycles. The Hall–Kier alpha value is -0.810. The molecule has 1 aliphatic rings. The molecule has 0 radical (unpaired) electrons. The van der Waals surface area contributed by atoms with E-state index in [0.29, 0.717) is 5.92 Å². The van der Waals surface area contributed by atoms with Crippen LogP contribution >= 0.6 is 0 Å². The first-order chi connectivity index (χ1) is 10.6. The Bertz CT molecular complexity index is 358. The molecule has 0 bridgehead atoms. The van der Waals surface area contributed by atoms with Crippen molar-refractivity contribution in [1.29, 1.82) is 0 Å². The second-order valence-electron chi connectivity index (χ2n) is 8.65. The first-order valence-corrected chi connectivity index (χ1v) is 9.00. The summed E-state index contributed by atoms with van der Waals surface area (Å²) in [4.78, 5) is 14.0. The molecular formula is C18H37N3O2. The third kappa shape index (κ3) is 9.82. The number of nitrogens with zero attached hydrogens (tertiary/aromatic N) is 1. The van der Waals surface area contributed by atoms with Gasteiger partial charge in [-0.15, -0.1) is 0 Å². The molecule has 23 heavy (non-hydrogen) atoms. The van der Waals surface area contributed by atoms with Gasteiger partial charge in [0, 0.05) is 31.7 Å². The van der Waals surface area contributed by atoms with E-state index < -0.39 is 5.60 Å². The minimum Gasteiger partial charge on any atom is -0.444 e. The van der Waals surface area contributed by atoms with Gasteiger partial charge in [-0.1, -0.05) is 0 Å². The Labute approximate surface area is 142 Å². The largest absolute Gasteiger partial charge is 0.444 e. The maximum atomic E-state index is 12.1. The van der Waals surface area contributed by atoms with Crippen LogP contribution in [0.25, 0.3) is 0 Å². The normalized spacial score (nSPS) is 19.7. The number of nitrogens with one attached hydrogen (secondary N) is 2. The summed E-state index contributed by atoms with van der Waals surface area (Å²) in [6, 6.07) is 0. The average Bonchev–Trinajstić information content (AvgIpc) is 2.40. The van der Waals surface area contributed by atoms with Gasteiger partial charge >= 0.3 is 6.09 Å². The molecule has 1 unspecified atom stereocenters. The molecular weight excluding hydrogens is 290 g/mol. The number of carbonyl (C=O) groups is 1. The molecule has 1 saturated heterocycles. The average molecular weight is 328 g/mol. The molecule has 136 valence electrons. The van der Waals surface area contributed by atoms with Crippen molar-refractivity contribution in [3.63, 3.8) is 0 Å². The zero-order valence-corrected chi connectivity index (χ0v) is 16.0. The second kappa shape index (κ2) is 8.88. The number of hydrogen-bond donors (Lipinski definition) is 2. The molecule has 1 heterocycles. The number of amides is 1. The number of rotatable bonds is 6.